The van der Waals surface area contributed by atoms with Crippen molar-refractivity contribution in [3.05, 3.63) is 27.1 Å². The van der Waals surface area contributed by atoms with Gasteiger partial charge in [-0.2, -0.15) is 0 Å². The smallest absolute Gasteiger partial charge is 0.0488 e. The van der Waals surface area contributed by atoms with E-state index in [0.717, 1.165) is 21.0 Å². The van der Waals surface area contributed by atoms with Gasteiger partial charge in [-0.15, -0.1) is 0 Å². The van der Waals surface area contributed by atoms with Gasteiger partial charge < -0.3 is 5.32 Å². The molecule has 0 bridgehead atoms. The number of rotatable bonds is 3. The molecule has 1 saturated heterocycles. The summed E-state index contributed by atoms with van der Waals surface area (Å²) in [6.45, 7) is 3.55. The third-order valence-electron chi connectivity index (χ3n) is 3.93. The van der Waals surface area contributed by atoms with Crippen LogP contribution in [0.2, 0.25) is 0 Å². The summed E-state index contributed by atoms with van der Waals surface area (Å²) in [5.74, 6) is 0. The molecule has 18 heavy (non-hydrogen) atoms. The fraction of sp³-hybridized carbons (Fsp3) is 0.571. The molecule has 1 aromatic rings. The second kappa shape index (κ2) is 5.14. The number of halogens is 2. The Labute approximate surface area is 125 Å². The maximum absolute atomic E-state index is 3.67. The quantitative estimate of drug-likeness (QED) is 0.851. The zero-order valence-electron chi connectivity index (χ0n) is 10.5. The van der Waals surface area contributed by atoms with Crippen molar-refractivity contribution >= 4 is 37.5 Å². The first-order valence-corrected chi connectivity index (χ1v) is 8.19. The van der Waals surface area contributed by atoms with Crippen molar-refractivity contribution in [3.63, 3.8) is 0 Å². The average molecular weight is 374 g/mol. The van der Waals surface area contributed by atoms with Gasteiger partial charge in [0.25, 0.3) is 0 Å². The van der Waals surface area contributed by atoms with Crippen LogP contribution in [-0.2, 0) is 0 Å². The molecule has 2 aliphatic rings. The van der Waals surface area contributed by atoms with Gasteiger partial charge in [0.2, 0.25) is 0 Å². The number of hydrogen-bond acceptors (Lipinski definition) is 2. The second-order valence-electron chi connectivity index (χ2n) is 5.48. The summed E-state index contributed by atoms with van der Waals surface area (Å²) in [4.78, 5) is 2.67. The molecule has 4 heteroatoms. The molecule has 2 unspecified atom stereocenters. The molecule has 2 nitrogen and oxygen atoms in total. The maximum Gasteiger partial charge on any atom is 0.0488 e. The zero-order valence-corrected chi connectivity index (χ0v) is 13.7. The van der Waals surface area contributed by atoms with Crippen molar-refractivity contribution in [2.75, 3.05) is 11.9 Å². The summed E-state index contributed by atoms with van der Waals surface area (Å²) >= 11 is 7.11. The van der Waals surface area contributed by atoms with Gasteiger partial charge >= 0.3 is 0 Å². The van der Waals surface area contributed by atoms with E-state index in [1.54, 1.807) is 0 Å². The van der Waals surface area contributed by atoms with Crippen molar-refractivity contribution in [2.24, 2.45) is 0 Å². The van der Waals surface area contributed by atoms with Crippen LogP contribution in [0, 0.1) is 0 Å². The molecule has 1 saturated carbocycles. The molecule has 0 radical (unpaired) electrons. The lowest BCUT2D eigenvalue weighted by Crippen LogP contribution is -2.31. The van der Waals surface area contributed by atoms with Crippen molar-refractivity contribution in [1.82, 2.24) is 4.90 Å². The number of benzene rings is 1. The molecule has 2 atom stereocenters. The monoisotopic (exact) mass is 372 g/mol. The third-order valence-corrected chi connectivity index (χ3v) is 5.08. The molecule has 1 heterocycles. The van der Waals surface area contributed by atoms with Gasteiger partial charge in [0.1, 0.15) is 0 Å². The Bertz CT molecular complexity index is 445. The number of hydrogen-bond donors (Lipinski definition) is 1. The topological polar surface area (TPSA) is 15.3 Å². The molecule has 3 rings (SSSR count). The first kappa shape index (κ1) is 12.9. The van der Waals surface area contributed by atoms with Crippen molar-refractivity contribution in [1.29, 1.82) is 0 Å². The van der Waals surface area contributed by atoms with Gasteiger partial charge in [-0.1, -0.05) is 15.9 Å². The standard InChI is InChI=1S/C14H18Br2N2/c1-9-6-11(8-18(9)12-3-4-12)17-14-5-2-10(15)7-13(14)16/h2,5,7,9,11-12,17H,3-4,6,8H2,1H3. The number of nitrogens with one attached hydrogen (secondary N) is 1. The number of likely N-dealkylation sites (tertiary alicyclic amines) is 1. The molecular formula is C14H18Br2N2. The molecule has 1 aromatic carbocycles. The molecular weight excluding hydrogens is 356 g/mol. The Hall–Kier alpha value is -0.0600. The minimum absolute atomic E-state index is 0.582. The Morgan fingerprint density at radius 3 is 2.72 bits per heavy atom. The van der Waals surface area contributed by atoms with Crippen LogP contribution in [0.4, 0.5) is 5.69 Å². The van der Waals surface area contributed by atoms with Gasteiger partial charge in [0.05, 0.1) is 0 Å². The molecule has 0 aromatic heterocycles. The second-order valence-corrected chi connectivity index (χ2v) is 7.25. The van der Waals surface area contributed by atoms with Crippen LogP contribution < -0.4 is 5.32 Å². The van der Waals surface area contributed by atoms with Crippen LogP contribution in [0.25, 0.3) is 0 Å². The van der Waals surface area contributed by atoms with Gasteiger partial charge in [0, 0.05) is 39.3 Å². The van der Waals surface area contributed by atoms with E-state index >= 15 is 0 Å². The summed E-state index contributed by atoms with van der Waals surface area (Å²) in [6, 6.07) is 8.50. The van der Waals surface area contributed by atoms with E-state index < -0.39 is 0 Å². The normalized spacial score (nSPS) is 28.6. The molecule has 1 aliphatic heterocycles. The van der Waals surface area contributed by atoms with E-state index in [1.807, 2.05) is 0 Å². The van der Waals surface area contributed by atoms with Crippen LogP contribution in [-0.4, -0.2) is 29.6 Å². The highest BCUT2D eigenvalue weighted by molar-refractivity contribution is 9.11. The summed E-state index contributed by atoms with van der Waals surface area (Å²) in [7, 11) is 0. The van der Waals surface area contributed by atoms with E-state index in [1.165, 1.54) is 31.5 Å². The molecule has 1 N–H and O–H groups in total. The highest BCUT2D eigenvalue weighted by atomic mass is 79.9. The predicted molar refractivity (Wildman–Crippen MR) is 83.1 cm³/mol. The molecule has 2 fully saturated rings. The molecule has 98 valence electrons. The van der Waals surface area contributed by atoms with Gasteiger partial charge in [-0.05, 0) is 60.3 Å². The molecule has 0 amide bonds. The van der Waals surface area contributed by atoms with Crippen molar-refractivity contribution in [3.8, 4) is 0 Å². The van der Waals surface area contributed by atoms with E-state index in [-0.39, 0.29) is 0 Å². The lowest BCUT2D eigenvalue weighted by molar-refractivity contribution is 0.257. The van der Waals surface area contributed by atoms with Crippen LogP contribution >= 0.6 is 31.9 Å². The van der Waals surface area contributed by atoms with Gasteiger partial charge in [0.15, 0.2) is 0 Å². The maximum atomic E-state index is 3.67. The van der Waals surface area contributed by atoms with Crippen molar-refractivity contribution < 1.29 is 0 Å². The lowest BCUT2D eigenvalue weighted by Gasteiger charge is -2.20. The number of anilines is 1. The molecule has 1 aliphatic carbocycles. The predicted octanol–water partition coefficient (Wildman–Crippen LogP) is 4.25. The average Bonchev–Trinajstić information content (AvgIpc) is 3.08. The van der Waals surface area contributed by atoms with Crippen LogP contribution in [0.1, 0.15) is 26.2 Å². The minimum atomic E-state index is 0.582. The van der Waals surface area contributed by atoms with Crippen molar-refractivity contribution in [2.45, 2.75) is 44.3 Å². The summed E-state index contributed by atoms with van der Waals surface area (Å²) in [5.41, 5.74) is 1.20. The zero-order chi connectivity index (χ0) is 12.7. The van der Waals surface area contributed by atoms with Gasteiger partial charge in [-0.3, -0.25) is 4.90 Å². The first-order chi connectivity index (χ1) is 8.63. The Balaban J connectivity index is 1.66. The van der Waals surface area contributed by atoms with Crippen LogP contribution in [0.3, 0.4) is 0 Å². The number of nitrogens with zero attached hydrogens (tertiary/aromatic N) is 1. The van der Waals surface area contributed by atoms with E-state index in [2.05, 4.69) is 67.2 Å². The summed E-state index contributed by atoms with van der Waals surface area (Å²) < 4.78 is 2.24. The highest BCUT2D eigenvalue weighted by Crippen LogP contribution is 2.35. The van der Waals surface area contributed by atoms with Crippen LogP contribution in [0.15, 0.2) is 27.1 Å². The molecule has 0 spiro atoms. The van der Waals surface area contributed by atoms with Gasteiger partial charge in [-0.25, -0.2) is 0 Å². The summed E-state index contributed by atoms with van der Waals surface area (Å²) in [5, 5.41) is 3.67. The minimum Gasteiger partial charge on any atom is -0.380 e. The highest BCUT2D eigenvalue weighted by Gasteiger charge is 2.38. The van der Waals surface area contributed by atoms with E-state index in [0.29, 0.717) is 6.04 Å². The fourth-order valence-electron chi connectivity index (χ4n) is 2.90. The Kier molecular flexibility index (Phi) is 3.70. The summed E-state index contributed by atoms with van der Waals surface area (Å²) in [6.07, 6.45) is 4.05. The van der Waals surface area contributed by atoms with Crippen LogP contribution in [0.5, 0.6) is 0 Å². The largest absolute Gasteiger partial charge is 0.380 e. The third kappa shape index (κ3) is 2.75. The lowest BCUT2D eigenvalue weighted by atomic mass is 10.2. The fourth-order valence-corrected chi connectivity index (χ4v) is 4.06. The van der Waals surface area contributed by atoms with E-state index in [9.17, 15) is 0 Å². The van der Waals surface area contributed by atoms with E-state index in [4.69, 9.17) is 0 Å². The first-order valence-electron chi connectivity index (χ1n) is 6.61. The SMILES string of the molecule is CC1CC(Nc2ccc(Br)cc2Br)CN1C1CC1. The Morgan fingerprint density at radius 2 is 2.06 bits per heavy atom. The Morgan fingerprint density at radius 1 is 1.28 bits per heavy atom.